The monoisotopic (exact) mass is 318 g/mol. The molecule has 3 rings (SSSR count). The average molecular weight is 318 g/mol. The Kier molecular flexibility index (Phi) is 3.85. The van der Waals surface area contributed by atoms with E-state index in [4.69, 9.17) is 9.72 Å². The quantitative estimate of drug-likeness (QED) is 0.767. The van der Waals surface area contributed by atoms with Crippen molar-refractivity contribution in [1.82, 2.24) is 9.88 Å². The molecule has 0 saturated carbocycles. The highest BCUT2D eigenvalue weighted by Gasteiger charge is 2.35. The van der Waals surface area contributed by atoms with Crippen molar-refractivity contribution in [3.63, 3.8) is 0 Å². The standard InChI is InChI=1S/C17H22N2O2S/c1-11-7-5-9-13-14(11)18-15(22-13)12-8-6-10-19(12)16(20)21-17(2,3)4/h5,7,9,12H,6,8,10H2,1-4H3. The van der Waals surface area contributed by atoms with Gasteiger partial charge in [0.15, 0.2) is 0 Å². The van der Waals surface area contributed by atoms with Gasteiger partial charge in [-0.05, 0) is 52.2 Å². The summed E-state index contributed by atoms with van der Waals surface area (Å²) in [6.45, 7) is 8.52. The number of benzene rings is 1. The lowest BCUT2D eigenvalue weighted by Crippen LogP contribution is -2.36. The van der Waals surface area contributed by atoms with Gasteiger partial charge in [0.25, 0.3) is 0 Å². The van der Waals surface area contributed by atoms with E-state index in [1.54, 1.807) is 11.3 Å². The molecule has 2 heterocycles. The number of hydrogen-bond donors (Lipinski definition) is 0. The molecule has 1 aliphatic heterocycles. The molecule has 0 N–H and O–H groups in total. The number of fused-ring (bicyclic) bond motifs is 1. The van der Waals surface area contributed by atoms with Crippen molar-refractivity contribution in [2.75, 3.05) is 6.54 Å². The number of aromatic nitrogens is 1. The summed E-state index contributed by atoms with van der Waals surface area (Å²) >= 11 is 1.69. The van der Waals surface area contributed by atoms with Gasteiger partial charge in [0.05, 0.1) is 16.3 Å². The topological polar surface area (TPSA) is 42.4 Å². The van der Waals surface area contributed by atoms with Crippen LogP contribution < -0.4 is 0 Å². The fraction of sp³-hybridized carbons (Fsp3) is 0.529. The van der Waals surface area contributed by atoms with E-state index in [9.17, 15) is 4.79 Å². The van der Waals surface area contributed by atoms with Crippen LogP contribution in [0.3, 0.4) is 0 Å². The molecule has 1 aromatic carbocycles. The number of carbonyl (C=O) groups excluding carboxylic acids is 1. The highest BCUT2D eigenvalue weighted by molar-refractivity contribution is 7.18. The summed E-state index contributed by atoms with van der Waals surface area (Å²) in [4.78, 5) is 19.0. The second-order valence-electron chi connectivity index (χ2n) is 6.81. The second-order valence-corrected chi connectivity index (χ2v) is 7.87. The van der Waals surface area contributed by atoms with Gasteiger partial charge in [0.1, 0.15) is 10.6 Å². The van der Waals surface area contributed by atoms with Gasteiger partial charge in [-0.15, -0.1) is 11.3 Å². The van der Waals surface area contributed by atoms with Gasteiger partial charge in [0, 0.05) is 6.54 Å². The molecule has 22 heavy (non-hydrogen) atoms. The summed E-state index contributed by atoms with van der Waals surface area (Å²) in [6, 6.07) is 6.27. The Bertz CT molecular complexity index is 702. The summed E-state index contributed by atoms with van der Waals surface area (Å²) < 4.78 is 6.72. The highest BCUT2D eigenvalue weighted by Crippen LogP contribution is 2.37. The van der Waals surface area contributed by atoms with Gasteiger partial charge < -0.3 is 4.74 Å². The number of carbonyl (C=O) groups is 1. The molecule has 1 aromatic heterocycles. The van der Waals surface area contributed by atoms with Crippen LogP contribution in [0.25, 0.3) is 10.2 Å². The summed E-state index contributed by atoms with van der Waals surface area (Å²) in [5, 5.41) is 1.02. The van der Waals surface area contributed by atoms with Crippen LogP contribution in [0.1, 0.15) is 50.2 Å². The van der Waals surface area contributed by atoms with Gasteiger partial charge >= 0.3 is 6.09 Å². The van der Waals surface area contributed by atoms with E-state index in [-0.39, 0.29) is 12.1 Å². The fourth-order valence-corrected chi connectivity index (χ4v) is 4.00. The maximum Gasteiger partial charge on any atom is 0.410 e. The van der Waals surface area contributed by atoms with E-state index >= 15 is 0 Å². The first kappa shape index (κ1) is 15.3. The van der Waals surface area contributed by atoms with Crippen LogP contribution in [0.2, 0.25) is 0 Å². The van der Waals surface area contributed by atoms with E-state index < -0.39 is 5.60 Å². The van der Waals surface area contributed by atoms with Crippen LogP contribution in [0.15, 0.2) is 18.2 Å². The number of amides is 1. The zero-order valence-corrected chi connectivity index (χ0v) is 14.4. The van der Waals surface area contributed by atoms with Crippen molar-refractivity contribution in [3.8, 4) is 0 Å². The minimum absolute atomic E-state index is 0.0478. The van der Waals surface area contributed by atoms with Crippen molar-refractivity contribution >= 4 is 27.6 Å². The first-order valence-corrected chi connectivity index (χ1v) is 8.52. The lowest BCUT2D eigenvalue weighted by Gasteiger charge is -2.27. The zero-order chi connectivity index (χ0) is 15.9. The fourth-order valence-electron chi connectivity index (χ4n) is 2.81. The number of para-hydroxylation sites is 1. The number of likely N-dealkylation sites (tertiary alicyclic amines) is 1. The maximum absolute atomic E-state index is 12.4. The molecule has 1 fully saturated rings. The lowest BCUT2D eigenvalue weighted by molar-refractivity contribution is 0.0224. The van der Waals surface area contributed by atoms with Gasteiger partial charge in [-0.1, -0.05) is 12.1 Å². The summed E-state index contributed by atoms with van der Waals surface area (Å²) in [5.74, 6) is 0. The molecule has 5 heteroatoms. The van der Waals surface area contributed by atoms with E-state index in [0.29, 0.717) is 0 Å². The SMILES string of the molecule is Cc1cccc2sc(C3CCCN3C(=O)OC(C)(C)C)nc12. The average Bonchev–Trinajstić information content (AvgIpc) is 3.03. The Morgan fingerprint density at radius 2 is 2.18 bits per heavy atom. The van der Waals surface area contributed by atoms with E-state index in [1.807, 2.05) is 25.7 Å². The summed E-state index contributed by atoms with van der Waals surface area (Å²) in [7, 11) is 0. The first-order chi connectivity index (χ1) is 10.3. The molecule has 1 unspecified atom stereocenters. The van der Waals surface area contributed by atoms with E-state index in [1.165, 1.54) is 10.3 Å². The molecule has 1 amide bonds. The van der Waals surface area contributed by atoms with Crippen LogP contribution in [-0.2, 0) is 4.74 Å². The van der Waals surface area contributed by atoms with Crippen LogP contribution >= 0.6 is 11.3 Å². The Morgan fingerprint density at radius 3 is 2.86 bits per heavy atom. The van der Waals surface area contributed by atoms with Crippen molar-refractivity contribution in [2.24, 2.45) is 0 Å². The van der Waals surface area contributed by atoms with E-state index in [2.05, 4.69) is 25.1 Å². The van der Waals surface area contributed by atoms with Crippen molar-refractivity contribution < 1.29 is 9.53 Å². The molecule has 4 nitrogen and oxygen atoms in total. The molecular formula is C17H22N2O2S. The number of ether oxygens (including phenoxy) is 1. The lowest BCUT2D eigenvalue weighted by atomic mass is 10.2. The highest BCUT2D eigenvalue weighted by atomic mass is 32.1. The molecule has 1 saturated heterocycles. The Labute approximate surface area is 135 Å². The van der Waals surface area contributed by atoms with Gasteiger partial charge in [-0.3, -0.25) is 4.90 Å². The molecule has 1 aliphatic rings. The molecule has 0 bridgehead atoms. The molecule has 0 spiro atoms. The summed E-state index contributed by atoms with van der Waals surface area (Å²) in [5.41, 5.74) is 1.77. The Balaban J connectivity index is 1.88. The number of nitrogens with zero attached hydrogens (tertiary/aromatic N) is 2. The molecule has 2 aromatic rings. The number of aryl methyl sites for hydroxylation is 1. The molecule has 118 valence electrons. The van der Waals surface area contributed by atoms with E-state index in [0.717, 1.165) is 29.9 Å². The predicted octanol–water partition coefficient (Wildman–Crippen LogP) is 4.68. The number of thiazole rings is 1. The second kappa shape index (κ2) is 5.54. The number of rotatable bonds is 1. The van der Waals surface area contributed by atoms with Crippen LogP contribution in [0.4, 0.5) is 4.79 Å². The van der Waals surface area contributed by atoms with Crippen molar-refractivity contribution in [3.05, 3.63) is 28.8 Å². The third-order valence-corrected chi connectivity index (χ3v) is 4.92. The van der Waals surface area contributed by atoms with Gasteiger partial charge in [-0.25, -0.2) is 9.78 Å². The molecule has 0 radical (unpaired) electrons. The largest absolute Gasteiger partial charge is 0.444 e. The molecule has 0 aliphatic carbocycles. The molecule has 1 atom stereocenters. The summed E-state index contributed by atoms with van der Waals surface area (Å²) in [6.07, 6.45) is 1.72. The van der Waals surface area contributed by atoms with Crippen LogP contribution in [0, 0.1) is 6.92 Å². The normalized spacial score (nSPS) is 18.9. The minimum Gasteiger partial charge on any atom is -0.444 e. The third kappa shape index (κ3) is 2.95. The molecular weight excluding hydrogens is 296 g/mol. The van der Waals surface area contributed by atoms with Gasteiger partial charge in [-0.2, -0.15) is 0 Å². The predicted molar refractivity (Wildman–Crippen MR) is 89.3 cm³/mol. The maximum atomic E-state index is 12.4. The first-order valence-electron chi connectivity index (χ1n) is 7.71. The van der Waals surface area contributed by atoms with Crippen LogP contribution in [0.5, 0.6) is 0 Å². The number of hydrogen-bond acceptors (Lipinski definition) is 4. The van der Waals surface area contributed by atoms with Crippen molar-refractivity contribution in [2.45, 2.75) is 52.2 Å². The van der Waals surface area contributed by atoms with Gasteiger partial charge in [0.2, 0.25) is 0 Å². The third-order valence-electron chi connectivity index (χ3n) is 3.80. The Hall–Kier alpha value is -1.62. The Morgan fingerprint density at radius 1 is 1.41 bits per heavy atom. The minimum atomic E-state index is -0.464. The zero-order valence-electron chi connectivity index (χ0n) is 13.5. The van der Waals surface area contributed by atoms with Crippen molar-refractivity contribution in [1.29, 1.82) is 0 Å². The smallest absolute Gasteiger partial charge is 0.410 e. The van der Waals surface area contributed by atoms with Crippen LogP contribution in [-0.4, -0.2) is 28.1 Å².